The second-order valence-electron chi connectivity index (χ2n) is 6.89. The van der Waals surface area contributed by atoms with Gasteiger partial charge in [0.05, 0.1) is 11.4 Å². The molecule has 2 aromatic carbocycles. The van der Waals surface area contributed by atoms with Gasteiger partial charge in [-0.05, 0) is 65.3 Å². The average molecular weight is 427 g/mol. The van der Waals surface area contributed by atoms with E-state index in [4.69, 9.17) is 10.3 Å². The number of aryl methyl sites for hydroxylation is 1. The highest BCUT2D eigenvalue weighted by molar-refractivity contribution is 7.39. The number of anilines is 2. The van der Waals surface area contributed by atoms with Gasteiger partial charge in [-0.1, -0.05) is 24.3 Å². The third-order valence-corrected chi connectivity index (χ3v) is 6.37. The fraction of sp³-hybridized carbons (Fsp3) is 0.227. The Morgan fingerprint density at radius 2 is 2.00 bits per heavy atom. The Morgan fingerprint density at radius 1 is 1.17 bits per heavy atom. The number of nitrogens with two attached hydrogens (primary N) is 1. The van der Waals surface area contributed by atoms with E-state index in [-0.39, 0.29) is 12.0 Å². The summed E-state index contributed by atoms with van der Waals surface area (Å²) in [6.07, 6.45) is 0.944. The van der Waals surface area contributed by atoms with E-state index in [0.29, 0.717) is 29.5 Å². The zero-order valence-electron chi connectivity index (χ0n) is 16.4. The topological polar surface area (TPSA) is 81.4 Å². The molecule has 0 aliphatic rings. The highest BCUT2D eigenvalue weighted by atomic mass is 32.1. The van der Waals surface area contributed by atoms with Gasteiger partial charge in [-0.15, -0.1) is 15.9 Å². The van der Waals surface area contributed by atoms with E-state index in [1.165, 1.54) is 0 Å². The second-order valence-corrected chi connectivity index (χ2v) is 9.17. The lowest BCUT2D eigenvalue weighted by Crippen LogP contribution is -2.13. The molecule has 0 fully saturated rings. The molecule has 0 bridgehead atoms. The molecule has 0 spiro atoms. The number of carbonyl (C=O) groups excluding carboxylic acids is 1. The van der Waals surface area contributed by atoms with Gasteiger partial charge in [0.1, 0.15) is 6.10 Å². The Kier molecular flexibility index (Phi) is 7.15. The molecule has 29 heavy (non-hydrogen) atoms. The SMILES string of the molecule is CC(C)O[P+](=O)CCc1cccc(C(=O)Nc2cc(-c3cccs3)ccc2N)c1. The van der Waals surface area contributed by atoms with Crippen molar-refractivity contribution >= 4 is 36.6 Å². The molecular weight excluding hydrogens is 403 g/mol. The summed E-state index contributed by atoms with van der Waals surface area (Å²) >= 11 is 1.63. The van der Waals surface area contributed by atoms with Gasteiger partial charge in [0.2, 0.25) is 0 Å². The molecular formula is C22H24N2O3PS+. The van der Waals surface area contributed by atoms with E-state index in [2.05, 4.69) is 5.32 Å². The number of thiophene rings is 1. The molecule has 0 saturated carbocycles. The van der Waals surface area contributed by atoms with Crippen molar-refractivity contribution in [2.75, 3.05) is 17.2 Å². The molecule has 1 aromatic heterocycles. The summed E-state index contributed by atoms with van der Waals surface area (Å²) < 4.78 is 17.2. The zero-order chi connectivity index (χ0) is 20.8. The second kappa shape index (κ2) is 9.79. The zero-order valence-corrected chi connectivity index (χ0v) is 18.1. The minimum absolute atomic E-state index is 0.0638. The Bertz CT molecular complexity index is 1000. The van der Waals surface area contributed by atoms with Crippen LogP contribution in [0, 0.1) is 0 Å². The molecule has 150 valence electrons. The van der Waals surface area contributed by atoms with Crippen LogP contribution in [0.2, 0.25) is 0 Å². The molecule has 7 heteroatoms. The first-order valence-electron chi connectivity index (χ1n) is 9.37. The van der Waals surface area contributed by atoms with E-state index in [0.717, 1.165) is 16.0 Å². The van der Waals surface area contributed by atoms with Crippen LogP contribution < -0.4 is 11.1 Å². The third-order valence-electron chi connectivity index (χ3n) is 4.21. The first kappa shape index (κ1) is 21.2. The number of hydrogen-bond acceptors (Lipinski definition) is 5. The first-order valence-corrected chi connectivity index (χ1v) is 11.6. The van der Waals surface area contributed by atoms with E-state index >= 15 is 0 Å². The Labute approximate surface area is 175 Å². The monoisotopic (exact) mass is 427 g/mol. The van der Waals surface area contributed by atoms with Crippen LogP contribution in [0.4, 0.5) is 11.4 Å². The standard InChI is InChI=1S/C22H23N2O3PS/c1-15(2)27-28(26)11-10-16-5-3-6-18(13-16)22(25)24-20-14-17(8-9-19(20)23)21-7-4-12-29-21/h3-9,12-15H,10-11,23H2,1-2H3/p+1. The summed E-state index contributed by atoms with van der Waals surface area (Å²) in [6.45, 7) is 3.72. The Balaban J connectivity index is 1.70. The lowest BCUT2D eigenvalue weighted by molar-refractivity contribution is 0.102. The van der Waals surface area contributed by atoms with Crippen LogP contribution in [0.5, 0.6) is 0 Å². The van der Waals surface area contributed by atoms with Gasteiger partial charge >= 0.3 is 8.03 Å². The average Bonchev–Trinajstić information content (AvgIpc) is 3.22. The van der Waals surface area contributed by atoms with Crippen LogP contribution in [0.25, 0.3) is 10.4 Å². The molecule has 1 unspecified atom stereocenters. The van der Waals surface area contributed by atoms with Crippen molar-refractivity contribution in [3.63, 3.8) is 0 Å². The summed E-state index contributed by atoms with van der Waals surface area (Å²) in [5.74, 6) is -0.232. The molecule has 0 aliphatic heterocycles. The van der Waals surface area contributed by atoms with Gasteiger partial charge in [0.25, 0.3) is 5.91 Å². The number of benzene rings is 2. The summed E-state index contributed by atoms with van der Waals surface area (Å²) in [7, 11) is -1.70. The first-order chi connectivity index (χ1) is 13.9. The summed E-state index contributed by atoms with van der Waals surface area (Å²) in [6, 6.07) is 16.9. The minimum Gasteiger partial charge on any atom is -0.397 e. The molecule has 3 aromatic rings. The van der Waals surface area contributed by atoms with Gasteiger partial charge in [0, 0.05) is 16.9 Å². The van der Waals surface area contributed by atoms with Crippen LogP contribution >= 0.6 is 19.4 Å². The summed E-state index contributed by atoms with van der Waals surface area (Å²) in [4.78, 5) is 13.9. The van der Waals surface area contributed by atoms with E-state index in [1.807, 2.05) is 61.7 Å². The van der Waals surface area contributed by atoms with Crippen LogP contribution in [0.15, 0.2) is 60.0 Å². The highest BCUT2D eigenvalue weighted by Gasteiger charge is 2.19. The van der Waals surface area contributed by atoms with Crippen LogP contribution in [0.1, 0.15) is 29.8 Å². The number of nitrogen functional groups attached to an aromatic ring is 1. The number of nitrogens with one attached hydrogen (secondary N) is 1. The van der Waals surface area contributed by atoms with E-state index in [1.54, 1.807) is 23.5 Å². The maximum atomic E-state index is 12.8. The molecule has 1 heterocycles. The number of amides is 1. The van der Waals surface area contributed by atoms with Gasteiger partial charge in [-0.3, -0.25) is 4.79 Å². The van der Waals surface area contributed by atoms with Crippen LogP contribution in [0.3, 0.4) is 0 Å². The number of rotatable bonds is 8. The van der Waals surface area contributed by atoms with Crippen LogP contribution in [-0.4, -0.2) is 18.2 Å². The maximum Gasteiger partial charge on any atom is 0.508 e. The van der Waals surface area contributed by atoms with E-state index < -0.39 is 8.03 Å². The van der Waals surface area contributed by atoms with Crippen molar-refractivity contribution in [1.29, 1.82) is 0 Å². The largest absolute Gasteiger partial charge is 0.508 e. The predicted octanol–water partition coefficient (Wildman–Crippen LogP) is 5.96. The number of carbonyl (C=O) groups is 1. The van der Waals surface area contributed by atoms with Crippen LogP contribution in [-0.2, 0) is 15.5 Å². The van der Waals surface area contributed by atoms with E-state index in [9.17, 15) is 9.36 Å². The molecule has 1 amide bonds. The van der Waals surface area contributed by atoms with Crippen molar-refractivity contribution < 1.29 is 13.9 Å². The Morgan fingerprint density at radius 3 is 2.72 bits per heavy atom. The lowest BCUT2D eigenvalue weighted by Gasteiger charge is -2.10. The minimum atomic E-state index is -1.70. The van der Waals surface area contributed by atoms with Crippen molar-refractivity contribution in [1.82, 2.24) is 0 Å². The maximum absolute atomic E-state index is 12.8. The molecule has 3 N–H and O–H groups in total. The smallest absolute Gasteiger partial charge is 0.397 e. The quantitative estimate of drug-likeness (QED) is 0.343. The fourth-order valence-electron chi connectivity index (χ4n) is 2.83. The molecule has 0 saturated heterocycles. The van der Waals surface area contributed by atoms with Crippen molar-refractivity contribution in [3.05, 3.63) is 71.1 Å². The molecule has 1 atom stereocenters. The molecule has 0 aliphatic carbocycles. The third kappa shape index (κ3) is 5.97. The predicted molar refractivity (Wildman–Crippen MR) is 121 cm³/mol. The summed E-state index contributed by atoms with van der Waals surface area (Å²) in [5.41, 5.74) is 9.63. The van der Waals surface area contributed by atoms with Gasteiger partial charge < -0.3 is 11.1 Å². The van der Waals surface area contributed by atoms with Gasteiger partial charge in [0.15, 0.2) is 6.16 Å². The molecule has 0 radical (unpaired) electrons. The van der Waals surface area contributed by atoms with Crippen molar-refractivity contribution in [3.8, 4) is 10.4 Å². The Hall–Kier alpha value is -2.53. The highest BCUT2D eigenvalue weighted by Crippen LogP contribution is 2.30. The molecule has 5 nitrogen and oxygen atoms in total. The summed E-state index contributed by atoms with van der Waals surface area (Å²) in [5, 5.41) is 4.91. The normalized spacial score (nSPS) is 11.5. The lowest BCUT2D eigenvalue weighted by atomic mass is 10.1. The van der Waals surface area contributed by atoms with Crippen molar-refractivity contribution in [2.24, 2.45) is 0 Å². The fourth-order valence-corrected chi connectivity index (χ4v) is 4.57. The van der Waals surface area contributed by atoms with Gasteiger partial charge in [-0.2, -0.15) is 0 Å². The number of hydrogen-bond donors (Lipinski definition) is 2. The molecule has 3 rings (SSSR count). The van der Waals surface area contributed by atoms with Gasteiger partial charge in [-0.25, -0.2) is 0 Å². The van der Waals surface area contributed by atoms with Crippen molar-refractivity contribution in [2.45, 2.75) is 26.4 Å².